The van der Waals surface area contributed by atoms with E-state index < -0.39 is 18.4 Å². The highest BCUT2D eigenvalue weighted by Gasteiger charge is 2.34. The summed E-state index contributed by atoms with van der Waals surface area (Å²) in [7, 11) is 0. The quantitative estimate of drug-likeness (QED) is 0.662. The Bertz CT molecular complexity index is 143. The number of hydrogen-bond donors (Lipinski definition) is 2. The van der Waals surface area contributed by atoms with E-state index in [0.717, 1.165) is 0 Å². The molecular weight excluding hydrogens is 164 g/mol. The summed E-state index contributed by atoms with van der Waals surface area (Å²) < 4.78 is 24.8. The Kier molecular flexibility index (Phi) is 3.40. The van der Waals surface area contributed by atoms with Gasteiger partial charge in [0.1, 0.15) is 0 Å². The Morgan fingerprint density at radius 1 is 1.58 bits per heavy atom. The zero-order valence-corrected chi connectivity index (χ0v) is 7.13. The van der Waals surface area contributed by atoms with E-state index in [2.05, 4.69) is 5.32 Å². The Hall–Kier alpha value is -0.220. The van der Waals surface area contributed by atoms with Crippen molar-refractivity contribution >= 4 is 0 Å². The van der Waals surface area contributed by atoms with Crippen LogP contribution in [0.3, 0.4) is 0 Å². The van der Waals surface area contributed by atoms with E-state index in [4.69, 9.17) is 5.11 Å². The number of β-amino-alcohol motifs (C(OH)–C–C–N with tert-alkyl or cyclic N) is 1. The molecule has 0 radical (unpaired) electrons. The van der Waals surface area contributed by atoms with Gasteiger partial charge in [0.15, 0.2) is 0 Å². The third-order valence-electron chi connectivity index (χ3n) is 2.44. The zero-order chi connectivity index (χ0) is 9.14. The molecule has 0 bridgehead atoms. The van der Waals surface area contributed by atoms with Gasteiger partial charge < -0.3 is 10.4 Å². The Morgan fingerprint density at radius 3 is 2.75 bits per heavy atom. The van der Waals surface area contributed by atoms with Gasteiger partial charge in [-0.3, -0.25) is 0 Å². The standard InChI is InChI=1S/C8H15F2NO/c1-2-7-6(8(9)10)3-5(12)4-11-7/h5-8,11-12H,2-4H2,1H3/t5-,6+,7+/m0/s1. The van der Waals surface area contributed by atoms with Crippen molar-refractivity contribution in [1.29, 1.82) is 0 Å². The Morgan fingerprint density at radius 2 is 2.25 bits per heavy atom. The second kappa shape index (κ2) is 4.14. The van der Waals surface area contributed by atoms with Crippen molar-refractivity contribution in [3.8, 4) is 0 Å². The zero-order valence-electron chi connectivity index (χ0n) is 7.13. The second-order valence-corrected chi connectivity index (χ2v) is 3.31. The second-order valence-electron chi connectivity index (χ2n) is 3.31. The summed E-state index contributed by atoms with van der Waals surface area (Å²) in [4.78, 5) is 0. The third-order valence-corrected chi connectivity index (χ3v) is 2.44. The Balaban J connectivity index is 2.52. The van der Waals surface area contributed by atoms with Crippen LogP contribution in [0.25, 0.3) is 0 Å². The molecule has 1 rings (SSSR count). The summed E-state index contributed by atoms with van der Waals surface area (Å²) in [6.45, 7) is 2.33. The van der Waals surface area contributed by atoms with Crippen LogP contribution in [-0.2, 0) is 0 Å². The van der Waals surface area contributed by atoms with Crippen molar-refractivity contribution in [2.24, 2.45) is 5.92 Å². The van der Waals surface area contributed by atoms with E-state index in [0.29, 0.717) is 13.0 Å². The monoisotopic (exact) mass is 179 g/mol. The molecule has 0 aromatic carbocycles. The minimum atomic E-state index is -2.32. The molecule has 0 aromatic heterocycles. The molecule has 0 aromatic rings. The molecule has 0 saturated carbocycles. The van der Waals surface area contributed by atoms with Gasteiger partial charge in [0.25, 0.3) is 0 Å². The van der Waals surface area contributed by atoms with E-state index in [-0.39, 0.29) is 12.5 Å². The normalized spacial score (nSPS) is 37.2. The van der Waals surface area contributed by atoms with E-state index in [9.17, 15) is 8.78 Å². The summed E-state index contributed by atoms with van der Waals surface area (Å²) in [5.41, 5.74) is 0. The lowest BCUT2D eigenvalue weighted by atomic mass is 9.88. The lowest BCUT2D eigenvalue weighted by Crippen LogP contribution is -2.49. The highest BCUT2D eigenvalue weighted by Crippen LogP contribution is 2.25. The van der Waals surface area contributed by atoms with Gasteiger partial charge in [-0.25, -0.2) is 8.78 Å². The highest BCUT2D eigenvalue weighted by molar-refractivity contribution is 4.85. The fraction of sp³-hybridized carbons (Fsp3) is 1.00. The molecule has 0 amide bonds. The van der Waals surface area contributed by atoms with Crippen LogP contribution in [-0.4, -0.2) is 30.2 Å². The number of aliphatic hydroxyl groups excluding tert-OH is 1. The van der Waals surface area contributed by atoms with Crippen LogP contribution >= 0.6 is 0 Å². The molecule has 0 aliphatic carbocycles. The average molecular weight is 179 g/mol. The molecule has 2 nitrogen and oxygen atoms in total. The maximum absolute atomic E-state index is 12.4. The highest BCUT2D eigenvalue weighted by atomic mass is 19.3. The van der Waals surface area contributed by atoms with Crippen molar-refractivity contribution in [1.82, 2.24) is 5.32 Å². The van der Waals surface area contributed by atoms with Crippen LogP contribution < -0.4 is 5.32 Å². The first-order valence-corrected chi connectivity index (χ1v) is 4.34. The summed E-state index contributed by atoms with van der Waals surface area (Å²) in [6.07, 6.45) is -2.01. The molecule has 1 saturated heterocycles. The molecule has 4 heteroatoms. The van der Waals surface area contributed by atoms with Gasteiger partial charge in [0.2, 0.25) is 6.43 Å². The first-order chi connectivity index (χ1) is 5.65. The molecule has 1 heterocycles. The summed E-state index contributed by atoms with van der Waals surface area (Å²) in [5, 5.41) is 12.1. The van der Waals surface area contributed by atoms with Gasteiger partial charge in [-0.15, -0.1) is 0 Å². The molecule has 1 aliphatic rings. The van der Waals surface area contributed by atoms with Crippen LogP contribution in [0, 0.1) is 5.92 Å². The van der Waals surface area contributed by atoms with Crippen molar-refractivity contribution in [3.05, 3.63) is 0 Å². The van der Waals surface area contributed by atoms with Crippen molar-refractivity contribution in [2.75, 3.05) is 6.54 Å². The fourth-order valence-electron chi connectivity index (χ4n) is 1.73. The first kappa shape index (κ1) is 9.86. The molecule has 1 aliphatic heterocycles. The number of halogens is 2. The van der Waals surface area contributed by atoms with Crippen molar-refractivity contribution < 1.29 is 13.9 Å². The number of rotatable bonds is 2. The number of hydrogen-bond acceptors (Lipinski definition) is 2. The van der Waals surface area contributed by atoms with Crippen LogP contribution in [0.15, 0.2) is 0 Å². The molecule has 12 heavy (non-hydrogen) atoms. The lowest BCUT2D eigenvalue weighted by Gasteiger charge is -2.34. The summed E-state index contributed by atoms with van der Waals surface area (Å²) >= 11 is 0. The Labute approximate surface area is 71.0 Å². The number of piperidine rings is 1. The molecule has 1 fully saturated rings. The van der Waals surface area contributed by atoms with E-state index in [1.165, 1.54) is 0 Å². The molecule has 72 valence electrons. The molecule has 2 N–H and O–H groups in total. The van der Waals surface area contributed by atoms with E-state index in [1.54, 1.807) is 0 Å². The van der Waals surface area contributed by atoms with Gasteiger partial charge >= 0.3 is 0 Å². The predicted molar refractivity (Wildman–Crippen MR) is 42.2 cm³/mol. The molecular formula is C8H15F2NO. The van der Waals surface area contributed by atoms with E-state index in [1.807, 2.05) is 6.92 Å². The van der Waals surface area contributed by atoms with Gasteiger partial charge in [0.05, 0.1) is 6.10 Å². The molecule has 3 atom stereocenters. The smallest absolute Gasteiger partial charge is 0.243 e. The number of alkyl halides is 2. The molecule has 0 unspecified atom stereocenters. The largest absolute Gasteiger partial charge is 0.392 e. The number of nitrogens with one attached hydrogen (secondary N) is 1. The molecule has 0 spiro atoms. The van der Waals surface area contributed by atoms with Crippen molar-refractivity contribution in [2.45, 2.75) is 38.3 Å². The predicted octanol–water partition coefficient (Wildman–Crippen LogP) is 1.00. The van der Waals surface area contributed by atoms with Crippen LogP contribution in [0.1, 0.15) is 19.8 Å². The topological polar surface area (TPSA) is 32.3 Å². The van der Waals surface area contributed by atoms with Crippen molar-refractivity contribution in [3.63, 3.8) is 0 Å². The van der Waals surface area contributed by atoms with Gasteiger partial charge in [0, 0.05) is 18.5 Å². The van der Waals surface area contributed by atoms with Crippen LogP contribution in [0.2, 0.25) is 0 Å². The summed E-state index contributed by atoms with van der Waals surface area (Å²) in [5.74, 6) is -0.682. The fourth-order valence-corrected chi connectivity index (χ4v) is 1.73. The minimum absolute atomic E-state index is 0.131. The van der Waals surface area contributed by atoms with Crippen LogP contribution in [0.5, 0.6) is 0 Å². The maximum Gasteiger partial charge on any atom is 0.243 e. The van der Waals surface area contributed by atoms with Gasteiger partial charge in [-0.05, 0) is 12.8 Å². The first-order valence-electron chi connectivity index (χ1n) is 4.34. The average Bonchev–Trinajstić information content (AvgIpc) is 2.04. The third kappa shape index (κ3) is 2.14. The van der Waals surface area contributed by atoms with E-state index >= 15 is 0 Å². The summed E-state index contributed by atoms with van der Waals surface area (Å²) in [6, 6.07) is -0.131. The number of aliphatic hydroxyl groups is 1. The minimum Gasteiger partial charge on any atom is -0.392 e. The maximum atomic E-state index is 12.4. The van der Waals surface area contributed by atoms with Crippen LogP contribution in [0.4, 0.5) is 8.78 Å². The van der Waals surface area contributed by atoms with Gasteiger partial charge in [-0.2, -0.15) is 0 Å². The SMILES string of the molecule is CC[C@H]1NC[C@@H](O)C[C@H]1C(F)F. The van der Waals surface area contributed by atoms with Gasteiger partial charge in [-0.1, -0.05) is 6.92 Å². The lowest BCUT2D eigenvalue weighted by molar-refractivity contribution is -0.00471.